The molecule has 1 aromatic heterocycles. The highest BCUT2D eigenvalue weighted by Gasteiger charge is 2.35. The first-order valence-corrected chi connectivity index (χ1v) is 7.54. The van der Waals surface area contributed by atoms with Crippen LogP contribution in [0.2, 0.25) is 0 Å². The lowest BCUT2D eigenvalue weighted by Gasteiger charge is -2.22. The van der Waals surface area contributed by atoms with Crippen LogP contribution in [0.5, 0.6) is 0 Å². The van der Waals surface area contributed by atoms with E-state index in [0.717, 1.165) is 43.1 Å². The Bertz CT molecular complexity index is 675. The van der Waals surface area contributed by atoms with Gasteiger partial charge in [-0.25, -0.2) is 0 Å². The summed E-state index contributed by atoms with van der Waals surface area (Å²) in [4.78, 5) is 2.40. The molecule has 4 nitrogen and oxygen atoms in total. The lowest BCUT2D eigenvalue weighted by Crippen LogP contribution is -2.28. The predicted octanol–water partition coefficient (Wildman–Crippen LogP) is 3.05. The smallest absolute Gasteiger partial charge is 0.144 e. The third-order valence-electron chi connectivity index (χ3n) is 4.57. The molecule has 2 aromatic rings. The van der Waals surface area contributed by atoms with E-state index in [0.29, 0.717) is 6.61 Å². The van der Waals surface area contributed by atoms with Gasteiger partial charge < -0.3 is 14.2 Å². The van der Waals surface area contributed by atoms with E-state index in [4.69, 9.17) is 9.26 Å². The first kappa shape index (κ1) is 12.9. The van der Waals surface area contributed by atoms with Gasteiger partial charge in [0, 0.05) is 29.6 Å². The number of fused-ring (bicyclic) bond motifs is 2. The standard InChI is InChI=1S/C17H20N2O2/c1-17(2)11-19(15-6-4-3-5-13(15)17)9-14-12-10-20-8-7-16(12)21-18-14/h3-6H,7-11H2,1-2H3. The van der Waals surface area contributed by atoms with E-state index in [9.17, 15) is 0 Å². The molecule has 0 saturated heterocycles. The van der Waals surface area contributed by atoms with Crippen molar-refractivity contribution in [2.24, 2.45) is 0 Å². The fraction of sp³-hybridized carbons (Fsp3) is 0.471. The second kappa shape index (κ2) is 4.60. The summed E-state index contributed by atoms with van der Waals surface area (Å²) >= 11 is 0. The summed E-state index contributed by atoms with van der Waals surface area (Å²) in [6.07, 6.45) is 0.838. The summed E-state index contributed by atoms with van der Waals surface area (Å²) in [6.45, 7) is 7.77. The van der Waals surface area contributed by atoms with Crippen molar-refractivity contribution in [3.05, 3.63) is 46.8 Å². The van der Waals surface area contributed by atoms with Crippen LogP contribution in [0.25, 0.3) is 0 Å². The largest absolute Gasteiger partial charge is 0.376 e. The molecule has 1 aromatic carbocycles. The van der Waals surface area contributed by atoms with E-state index in [2.05, 4.69) is 48.2 Å². The van der Waals surface area contributed by atoms with Crippen LogP contribution >= 0.6 is 0 Å². The monoisotopic (exact) mass is 284 g/mol. The van der Waals surface area contributed by atoms with Gasteiger partial charge in [0.1, 0.15) is 11.5 Å². The van der Waals surface area contributed by atoms with Gasteiger partial charge in [-0.1, -0.05) is 37.2 Å². The molecule has 0 bridgehead atoms. The second-order valence-corrected chi connectivity index (χ2v) is 6.59. The van der Waals surface area contributed by atoms with E-state index in [-0.39, 0.29) is 5.41 Å². The molecule has 2 aliphatic rings. The van der Waals surface area contributed by atoms with Gasteiger partial charge in [-0.2, -0.15) is 0 Å². The lowest BCUT2D eigenvalue weighted by atomic mass is 9.87. The molecule has 0 fully saturated rings. The number of para-hydroxylation sites is 1. The summed E-state index contributed by atoms with van der Waals surface area (Å²) in [7, 11) is 0. The number of benzene rings is 1. The fourth-order valence-electron chi connectivity index (χ4n) is 3.50. The molecule has 0 amide bonds. The number of anilines is 1. The molecule has 0 radical (unpaired) electrons. The number of ether oxygens (including phenoxy) is 1. The van der Waals surface area contributed by atoms with Crippen molar-refractivity contribution >= 4 is 5.69 Å². The van der Waals surface area contributed by atoms with Crippen molar-refractivity contribution in [2.45, 2.75) is 38.8 Å². The van der Waals surface area contributed by atoms with Crippen molar-refractivity contribution in [3.63, 3.8) is 0 Å². The molecular weight excluding hydrogens is 264 g/mol. The predicted molar refractivity (Wildman–Crippen MR) is 80.4 cm³/mol. The molecule has 0 spiro atoms. The lowest BCUT2D eigenvalue weighted by molar-refractivity contribution is 0.102. The minimum atomic E-state index is 0.177. The molecule has 4 heteroatoms. The van der Waals surface area contributed by atoms with Crippen molar-refractivity contribution in [2.75, 3.05) is 18.1 Å². The Morgan fingerprint density at radius 3 is 3.05 bits per heavy atom. The van der Waals surface area contributed by atoms with Crippen LogP contribution in [0.1, 0.15) is 36.4 Å². The molecule has 4 rings (SSSR count). The maximum absolute atomic E-state index is 5.55. The average molecular weight is 284 g/mol. The summed E-state index contributed by atoms with van der Waals surface area (Å²) in [5.41, 5.74) is 5.09. The van der Waals surface area contributed by atoms with Gasteiger partial charge in [-0.3, -0.25) is 0 Å². The SMILES string of the molecule is CC1(C)CN(Cc2noc3c2COCC3)c2ccccc21. The van der Waals surface area contributed by atoms with Crippen LogP contribution < -0.4 is 4.90 Å². The number of hydrogen-bond acceptors (Lipinski definition) is 4. The molecule has 0 atom stereocenters. The maximum atomic E-state index is 5.55. The first-order valence-electron chi connectivity index (χ1n) is 7.54. The number of rotatable bonds is 2. The van der Waals surface area contributed by atoms with Gasteiger partial charge >= 0.3 is 0 Å². The van der Waals surface area contributed by atoms with Crippen LogP contribution in [-0.2, 0) is 29.7 Å². The zero-order valence-corrected chi connectivity index (χ0v) is 12.6. The minimum Gasteiger partial charge on any atom is -0.376 e. The quantitative estimate of drug-likeness (QED) is 0.849. The minimum absolute atomic E-state index is 0.177. The summed E-state index contributed by atoms with van der Waals surface area (Å²) < 4.78 is 11.0. The van der Waals surface area contributed by atoms with Crippen LogP contribution in [0.3, 0.4) is 0 Å². The van der Waals surface area contributed by atoms with Crippen molar-refractivity contribution in [3.8, 4) is 0 Å². The van der Waals surface area contributed by atoms with Gasteiger partial charge in [0.2, 0.25) is 0 Å². The Kier molecular flexibility index (Phi) is 2.82. The van der Waals surface area contributed by atoms with E-state index in [1.165, 1.54) is 11.3 Å². The molecule has 110 valence electrons. The van der Waals surface area contributed by atoms with Gasteiger partial charge in [0.05, 0.1) is 19.8 Å². The molecule has 0 unspecified atom stereocenters. The molecule has 0 saturated carbocycles. The normalized spacial score (nSPS) is 19.4. The van der Waals surface area contributed by atoms with E-state index in [1.807, 2.05) is 0 Å². The molecular formula is C17H20N2O2. The number of aromatic nitrogens is 1. The highest BCUT2D eigenvalue weighted by molar-refractivity contribution is 5.62. The summed E-state index contributed by atoms with van der Waals surface area (Å²) in [5.74, 6) is 1.00. The molecule has 0 N–H and O–H groups in total. The van der Waals surface area contributed by atoms with E-state index < -0.39 is 0 Å². The van der Waals surface area contributed by atoms with E-state index in [1.54, 1.807) is 0 Å². The highest BCUT2D eigenvalue weighted by Crippen LogP contribution is 2.41. The molecule has 21 heavy (non-hydrogen) atoms. The van der Waals surface area contributed by atoms with Crippen molar-refractivity contribution < 1.29 is 9.26 Å². The van der Waals surface area contributed by atoms with Crippen LogP contribution in [0, 0.1) is 0 Å². The van der Waals surface area contributed by atoms with Gasteiger partial charge in [0.15, 0.2) is 0 Å². The van der Waals surface area contributed by atoms with Gasteiger partial charge in [-0.05, 0) is 11.6 Å². The summed E-state index contributed by atoms with van der Waals surface area (Å²) in [5, 5.41) is 4.29. The average Bonchev–Trinajstić information content (AvgIpc) is 3.00. The fourth-order valence-corrected chi connectivity index (χ4v) is 3.50. The zero-order valence-electron chi connectivity index (χ0n) is 12.6. The first-order chi connectivity index (χ1) is 10.1. The maximum Gasteiger partial charge on any atom is 0.144 e. The van der Waals surface area contributed by atoms with Crippen molar-refractivity contribution in [1.29, 1.82) is 0 Å². The molecule has 0 aliphatic carbocycles. The third kappa shape index (κ3) is 2.05. The van der Waals surface area contributed by atoms with Gasteiger partial charge in [0.25, 0.3) is 0 Å². The Hall–Kier alpha value is -1.81. The Morgan fingerprint density at radius 2 is 2.14 bits per heavy atom. The Morgan fingerprint density at radius 1 is 1.29 bits per heavy atom. The zero-order chi connectivity index (χ0) is 14.4. The number of hydrogen-bond donors (Lipinski definition) is 0. The summed E-state index contributed by atoms with van der Waals surface area (Å²) in [6, 6.07) is 8.66. The van der Waals surface area contributed by atoms with Crippen LogP contribution in [-0.4, -0.2) is 18.3 Å². The topological polar surface area (TPSA) is 38.5 Å². The van der Waals surface area contributed by atoms with Crippen molar-refractivity contribution in [1.82, 2.24) is 5.16 Å². The third-order valence-corrected chi connectivity index (χ3v) is 4.57. The molecule has 3 heterocycles. The highest BCUT2D eigenvalue weighted by atomic mass is 16.5. The Balaban J connectivity index is 1.66. The van der Waals surface area contributed by atoms with Gasteiger partial charge in [-0.15, -0.1) is 0 Å². The Labute approximate surface area is 124 Å². The second-order valence-electron chi connectivity index (χ2n) is 6.59. The number of nitrogens with zero attached hydrogens (tertiary/aromatic N) is 2. The molecule has 2 aliphatic heterocycles. The van der Waals surface area contributed by atoms with E-state index >= 15 is 0 Å². The van der Waals surface area contributed by atoms with Crippen LogP contribution in [0.15, 0.2) is 28.8 Å². The van der Waals surface area contributed by atoms with Crippen LogP contribution in [0.4, 0.5) is 5.69 Å².